The lowest BCUT2D eigenvalue weighted by atomic mass is 10.2. The van der Waals surface area contributed by atoms with Crippen LogP contribution in [0.4, 0.5) is 0 Å². The Balaban J connectivity index is 1.72. The minimum Gasteiger partial charge on any atom is -0.356 e. The fraction of sp³-hybridized carbons (Fsp3) is 0.444. The molecule has 0 amide bonds. The van der Waals surface area contributed by atoms with E-state index in [2.05, 4.69) is 39.0 Å². The zero-order chi connectivity index (χ0) is 18.1. The summed E-state index contributed by atoms with van der Waals surface area (Å²) < 4.78 is 2.18. The number of nitrogens with zero attached hydrogens (tertiary/aromatic N) is 3. The Morgan fingerprint density at radius 2 is 2.04 bits per heavy atom. The third-order valence-corrected chi connectivity index (χ3v) is 4.74. The molecule has 0 saturated carbocycles. The van der Waals surface area contributed by atoms with Crippen LogP contribution in [-0.4, -0.2) is 34.9 Å². The lowest BCUT2D eigenvalue weighted by molar-refractivity contribution is 0.503. The quantitative estimate of drug-likeness (QED) is 0.318. The predicted octanol–water partition coefficient (Wildman–Crippen LogP) is 3.65. The van der Waals surface area contributed by atoms with E-state index >= 15 is 0 Å². The first kappa shape index (κ1) is 19.7. The highest BCUT2D eigenvalue weighted by Crippen LogP contribution is 2.19. The maximum Gasteiger partial charge on any atom is 0.191 e. The summed E-state index contributed by atoms with van der Waals surface area (Å²) in [5.74, 6) is 3.35. The van der Waals surface area contributed by atoms with Gasteiger partial charge >= 0.3 is 0 Å². The van der Waals surface area contributed by atoms with Crippen molar-refractivity contribution in [3.63, 3.8) is 0 Å². The van der Waals surface area contributed by atoms with E-state index in [-0.39, 0.29) is 0 Å². The summed E-state index contributed by atoms with van der Waals surface area (Å²) in [7, 11) is 1.78. The molecule has 2 N–H and O–H groups in total. The number of hydrogen-bond acceptors (Lipinski definition) is 3. The number of aliphatic imine (C=N–C) groups is 1. The molecule has 0 spiro atoms. The topological polar surface area (TPSA) is 54.2 Å². The molecule has 7 heteroatoms. The van der Waals surface area contributed by atoms with Gasteiger partial charge in [0.1, 0.15) is 5.82 Å². The number of imidazole rings is 1. The average Bonchev–Trinajstić information content (AvgIpc) is 3.02. The summed E-state index contributed by atoms with van der Waals surface area (Å²) in [6, 6.07) is 7.90. The lowest BCUT2D eigenvalue weighted by Gasteiger charge is -2.14. The van der Waals surface area contributed by atoms with Crippen molar-refractivity contribution < 1.29 is 0 Å². The Morgan fingerprint density at radius 1 is 1.28 bits per heavy atom. The van der Waals surface area contributed by atoms with Crippen LogP contribution in [-0.2, 0) is 13.1 Å². The SMILES string of the molecule is CN=C(NCCSc1ccc(Cl)cc1)NCc1nccn1CC(C)C. The van der Waals surface area contributed by atoms with Crippen LogP contribution >= 0.6 is 23.4 Å². The molecule has 1 heterocycles. The summed E-state index contributed by atoms with van der Waals surface area (Å²) >= 11 is 7.68. The zero-order valence-corrected chi connectivity index (χ0v) is 16.6. The first-order valence-electron chi connectivity index (χ1n) is 8.41. The van der Waals surface area contributed by atoms with Crippen molar-refractivity contribution in [3.8, 4) is 0 Å². The molecule has 0 saturated heterocycles. The van der Waals surface area contributed by atoms with Crippen LogP contribution in [0.1, 0.15) is 19.7 Å². The van der Waals surface area contributed by atoms with E-state index in [9.17, 15) is 0 Å². The fourth-order valence-electron chi connectivity index (χ4n) is 2.32. The Morgan fingerprint density at radius 3 is 2.72 bits per heavy atom. The molecule has 0 aliphatic carbocycles. The molecular weight excluding hydrogens is 354 g/mol. The van der Waals surface area contributed by atoms with Gasteiger partial charge in [-0.15, -0.1) is 11.8 Å². The van der Waals surface area contributed by atoms with Crippen LogP contribution in [0.5, 0.6) is 0 Å². The van der Waals surface area contributed by atoms with Crippen molar-refractivity contribution in [2.45, 2.75) is 31.8 Å². The molecule has 0 fully saturated rings. The van der Waals surface area contributed by atoms with Crippen LogP contribution in [0.15, 0.2) is 46.5 Å². The molecule has 2 aromatic rings. The van der Waals surface area contributed by atoms with Crippen LogP contribution in [0.3, 0.4) is 0 Å². The molecule has 25 heavy (non-hydrogen) atoms. The van der Waals surface area contributed by atoms with E-state index in [1.54, 1.807) is 18.8 Å². The highest BCUT2D eigenvalue weighted by Gasteiger charge is 2.06. The highest BCUT2D eigenvalue weighted by molar-refractivity contribution is 7.99. The monoisotopic (exact) mass is 379 g/mol. The Labute approximate surface area is 159 Å². The molecular formula is C18H26ClN5S. The lowest BCUT2D eigenvalue weighted by Crippen LogP contribution is -2.38. The number of aromatic nitrogens is 2. The van der Waals surface area contributed by atoms with Gasteiger partial charge in [0.2, 0.25) is 0 Å². The normalized spacial score (nSPS) is 11.8. The fourth-order valence-corrected chi connectivity index (χ4v) is 3.21. The largest absolute Gasteiger partial charge is 0.356 e. The maximum absolute atomic E-state index is 5.90. The number of guanidine groups is 1. The van der Waals surface area contributed by atoms with Gasteiger partial charge in [-0.25, -0.2) is 4.98 Å². The van der Waals surface area contributed by atoms with Gasteiger partial charge in [-0.2, -0.15) is 0 Å². The minimum absolute atomic E-state index is 0.593. The summed E-state index contributed by atoms with van der Waals surface area (Å²) in [4.78, 5) is 9.90. The number of rotatable bonds is 8. The number of halogens is 1. The molecule has 0 atom stereocenters. The van der Waals surface area contributed by atoms with Gasteiger partial charge in [-0.3, -0.25) is 4.99 Å². The third kappa shape index (κ3) is 7.00. The van der Waals surface area contributed by atoms with Crippen molar-refractivity contribution in [1.82, 2.24) is 20.2 Å². The van der Waals surface area contributed by atoms with Gasteiger partial charge in [0.05, 0.1) is 6.54 Å². The predicted molar refractivity (Wildman–Crippen MR) is 107 cm³/mol. The molecule has 0 aliphatic rings. The van der Waals surface area contributed by atoms with E-state index in [0.29, 0.717) is 12.5 Å². The zero-order valence-electron chi connectivity index (χ0n) is 15.0. The first-order chi connectivity index (χ1) is 12.1. The summed E-state index contributed by atoms with van der Waals surface area (Å²) in [5, 5.41) is 7.42. The van der Waals surface area contributed by atoms with Gasteiger partial charge in [0.15, 0.2) is 5.96 Å². The molecule has 0 bridgehead atoms. The van der Waals surface area contributed by atoms with Crippen molar-refractivity contribution in [1.29, 1.82) is 0 Å². The molecule has 5 nitrogen and oxygen atoms in total. The molecule has 1 aromatic carbocycles. The maximum atomic E-state index is 5.90. The Kier molecular flexibility index (Phi) is 8.15. The standard InChI is InChI=1S/C18H26ClN5S/c1-14(2)13-24-10-8-21-17(24)12-23-18(20-3)22-9-11-25-16-6-4-15(19)5-7-16/h4-8,10,14H,9,11-13H2,1-3H3,(H2,20,22,23). The Bertz CT molecular complexity index is 666. The van der Waals surface area contributed by atoms with E-state index in [1.807, 2.05) is 36.7 Å². The second-order valence-electron chi connectivity index (χ2n) is 6.04. The summed E-state index contributed by atoms with van der Waals surface area (Å²) in [6.45, 7) is 6.87. The second kappa shape index (κ2) is 10.4. The van der Waals surface area contributed by atoms with Gasteiger partial charge in [-0.05, 0) is 30.2 Å². The molecule has 0 aliphatic heterocycles. The smallest absolute Gasteiger partial charge is 0.191 e. The summed E-state index contributed by atoms with van der Waals surface area (Å²) in [5.41, 5.74) is 0. The number of nitrogens with one attached hydrogen (secondary N) is 2. The second-order valence-corrected chi connectivity index (χ2v) is 7.65. The van der Waals surface area contributed by atoms with Crippen molar-refractivity contribution in [3.05, 3.63) is 47.5 Å². The highest BCUT2D eigenvalue weighted by atomic mass is 35.5. The van der Waals surface area contributed by atoms with Gasteiger partial charge in [0, 0.05) is 48.2 Å². The summed E-state index contributed by atoms with van der Waals surface area (Å²) in [6.07, 6.45) is 3.87. The molecule has 136 valence electrons. The van der Waals surface area contributed by atoms with E-state index < -0.39 is 0 Å². The molecule has 2 rings (SSSR count). The third-order valence-electron chi connectivity index (χ3n) is 3.48. The van der Waals surface area contributed by atoms with Gasteiger partial charge in [-0.1, -0.05) is 25.4 Å². The minimum atomic E-state index is 0.593. The van der Waals surface area contributed by atoms with Crippen LogP contribution in [0.2, 0.25) is 5.02 Å². The molecule has 0 radical (unpaired) electrons. The van der Waals surface area contributed by atoms with Crippen molar-refractivity contribution in [2.24, 2.45) is 10.9 Å². The van der Waals surface area contributed by atoms with Crippen molar-refractivity contribution in [2.75, 3.05) is 19.3 Å². The van der Waals surface area contributed by atoms with E-state index in [1.165, 1.54) is 4.90 Å². The number of thioether (sulfide) groups is 1. The van der Waals surface area contributed by atoms with Crippen LogP contribution < -0.4 is 10.6 Å². The van der Waals surface area contributed by atoms with Crippen LogP contribution in [0, 0.1) is 5.92 Å². The van der Waals surface area contributed by atoms with Crippen molar-refractivity contribution >= 4 is 29.3 Å². The van der Waals surface area contributed by atoms with Gasteiger partial charge < -0.3 is 15.2 Å². The first-order valence-corrected chi connectivity index (χ1v) is 9.77. The van der Waals surface area contributed by atoms with Gasteiger partial charge in [0.25, 0.3) is 0 Å². The number of hydrogen-bond donors (Lipinski definition) is 2. The number of benzene rings is 1. The Hall–Kier alpha value is -1.66. The average molecular weight is 380 g/mol. The van der Waals surface area contributed by atoms with E-state index in [4.69, 9.17) is 11.6 Å². The van der Waals surface area contributed by atoms with Crippen LogP contribution in [0.25, 0.3) is 0 Å². The van der Waals surface area contributed by atoms with E-state index in [0.717, 1.165) is 35.6 Å². The molecule has 0 unspecified atom stereocenters. The molecule has 1 aromatic heterocycles.